The number of nitrogens with one attached hydrogen (secondary N) is 2. The largest absolute Gasteiger partial charge is 0.385 e. The van der Waals surface area contributed by atoms with Crippen LogP contribution in [0.3, 0.4) is 0 Å². The maximum atomic E-state index is 11.4. The first kappa shape index (κ1) is 15.0. The van der Waals surface area contributed by atoms with Gasteiger partial charge in [-0.15, -0.1) is 0 Å². The molecule has 0 radical (unpaired) electrons. The van der Waals surface area contributed by atoms with Crippen LogP contribution in [0.1, 0.15) is 12.6 Å². The number of rotatable bonds is 5. The number of nitrogens with zero attached hydrogens (tertiary/aromatic N) is 2. The van der Waals surface area contributed by atoms with Crippen LogP contribution in [0.2, 0.25) is 0 Å². The number of nitro benzene ring substituents is 1. The number of non-ortho nitro benzene ring substituents is 1. The first-order chi connectivity index (χ1) is 9.97. The Morgan fingerprint density at radius 1 is 1.38 bits per heavy atom. The standard InChI is InChI=1S/C13H14N4O3S/c1-3-14-9-5-10(17(19)20)7-11(6-9)21-13-15-8(2)4-12(18)16-13/h4-7,14H,3H2,1-2H3,(H,15,16,18). The molecule has 2 N–H and O–H groups in total. The number of aryl methyl sites for hydroxylation is 1. The van der Waals surface area contributed by atoms with Gasteiger partial charge in [0.1, 0.15) is 0 Å². The van der Waals surface area contributed by atoms with Crippen LogP contribution in [0, 0.1) is 17.0 Å². The van der Waals surface area contributed by atoms with Crippen LogP contribution in [0.15, 0.2) is 39.1 Å². The fourth-order valence-corrected chi connectivity index (χ4v) is 2.70. The second kappa shape index (κ2) is 6.40. The van der Waals surface area contributed by atoms with Crippen molar-refractivity contribution in [1.29, 1.82) is 0 Å². The number of benzene rings is 1. The van der Waals surface area contributed by atoms with Crippen molar-refractivity contribution in [2.45, 2.75) is 23.9 Å². The average Bonchev–Trinajstić information content (AvgIpc) is 2.37. The maximum Gasteiger partial charge on any atom is 0.272 e. The fraction of sp³-hybridized carbons (Fsp3) is 0.231. The van der Waals surface area contributed by atoms with E-state index in [1.54, 1.807) is 13.0 Å². The van der Waals surface area contributed by atoms with Crippen molar-refractivity contribution in [2.24, 2.45) is 0 Å². The molecule has 0 fully saturated rings. The zero-order chi connectivity index (χ0) is 15.4. The van der Waals surface area contributed by atoms with Gasteiger partial charge < -0.3 is 10.3 Å². The van der Waals surface area contributed by atoms with Crippen molar-refractivity contribution in [3.8, 4) is 0 Å². The van der Waals surface area contributed by atoms with E-state index in [-0.39, 0.29) is 11.2 Å². The highest BCUT2D eigenvalue weighted by molar-refractivity contribution is 7.99. The predicted molar refractivity (Wildman–Crippen MR) is 81.0 cm³/mol. The molecular weight excluding hydrogens is 292 g/mol. The monoisotopic (exact) mass is 306 g/mol. The third kappa shape index (κ3) is 4.06. The summed E-state index contributed by atoms with van der Waals surface area (Å²) in [6, 6.07) is 6.10. The van der Waals surface area contributed by atoms with Crippen molar-refractivity contribution >= 4 is 23.1 Å². The normalized spacial score (nSPS) is 10.4. The van der Waals surface area contributed by atoms with Gasteiger partial charge in [0, 0.05) is 41.0 Å². The van der Waals surface area contributed by atoms with Crippen LogP contribution in [-0.4, -0.2) is 21.4 Å². The maximum absolute atomic E-state index is 11.4. The van der Waals surface area contributed by atoms with Gasteiger partial charge in [0.25, 0.3) is 11.2 Å². The molecule has 0 spiro atoms. The summed E-state index contributed by atoms with van der Waals surface area (Å²) in [5.74, 6) is 0. The zero-order valence-corrected chi connectivity index (χ0v) is 12.4. The van der Waals surface area contributed by atoms with Gasteiger partial charge in [0.15, 0.2) is 5.16 Å². The van der Waals surface area contributed by atoms with Crippen LogP contribution >= 0.6 is 11.8 Å². The van der Waals surface area contributed by atoms with E-state index in [0.717, 1.165) is 0 Å². The molecule has 7 nitrogen and oxygen atoms in total. The molecule has 0 bridgehead atoms. The third-order valence-corrected chi connectivity index (χ3v) is 3.40. The van der Waals surface area contributed by atoms with Crippen LogP contribution in [0.5, 0.6) is 0 Å². The van der Waals surface area contributed by atoms with Crippen LogP contribution in [0.4, 0.5) is 11.4 Å². The van der Waals surface area contributed by atoms with Crippen molar-refractivity contribution < 1.29 is 4.92 Å². The molecule has 0 saturated heterocycles. The Balaban J connectivity index is 2.38. The highest BCUT2D eigenvalue weighted by Crippen LogP contribution is 2.30. The van der Waals surface area contributed by atoms with Crippen molar-refractivity contribution in [3.05, 3.63) is 50.4 Å². The SMILES string of the molecule is CCNc1cc(Sc2nc(C)cc(=O)[nH]2)cc([N+](=O)[O-])c1. The molecule has 1 aromatic heterocycles. The van der Waals surface area contributed by atoms with Gasteiger partial charge in [-0.3, -0.25) is 14.9 Å². The quantitative estimate of drug-likeness (QED) is 0.500. The number of aromatic amines is 1. The lowest BCUT2D eigenvalue weighted by Crippen LogP contribution is -2.07. The minimum absolute atomic E-state index is 0.00838. The smallest absolute Gasteiger partial charge is 0.272 e. The molecule has 8 heteroatoms. The summed E-state index contributed by atoms with van der Waals surface area (Å²) in [6.45, 7) is 4.28. The average molecular weight is 306 g/mol. The molecule has 2 aromatic rings. The van der Waals surface area contributed by atoms with Crippen LogP contribution in [-0.2, 0) is 0 Å². The molecule has 0 amide bonds. The molecule has 0 aliphatic carbocycles. The second-order valence-electron chi connectivity index (χ2n) is 4.30. The molecule has 0 saturated carbocycles. The van der Waals surface area contributed by atoms with Crippen LogP contribution in [0.25, 0.3) is 0 Å². The summed E-state index contributed by atoms with van der Waals surface area (Å²) in [5.41, 5.74) is 0.996. The molecule has 0 unspecified atom stereocenters. The Bertz CT molecular complexity index is 730. The first-order valence-corrected chi connectivity index (χ1v) is 7.08. The van der Waals surface area contributed by atoms with Crippen molar-refractivity contribution in [3.63, 3.8) is 0 Å². The highest BCUT2D eigenvalue weighted by Gasteiger charge is 2.11. The summed E-state index contributed by atoms with van der Waals surface area (Å²) in [6.07, 6.45) is 0. The summed E-state index contributed by atoms with van der Waals surface area (Å²) >= 11 is 1.18. The fourth-order valence-electron chi connectivity index (χ4n) is 1.77. The van der Waals surface area contributed by atoms with E-state index in [0.29, 0.717) is 28.0 Å². The molecule has 110 valence electrons. The molecule has 0 atom stereocenters. The number of hydrogen-bond acceptors (Lipinski definition) is 6. The summed E-state index contributed by atoms with van der Waals surface area (Å²) < 4.78 is 0. The molecule has 0 aliphatic heterocycles. The summed E-state index contributed by atoms with van der Waals surface area (Å²) in [4.78, 5) is 29.4. The molecule has 21 heavy (non-hydrogen) atoms. The molecule has 1 aromatic carbocycles. The molecule has 1 heterocycles. The van der Waals surface area contributed by atoms with E-state index < -0.39 is 4.92 Å². The van der Waals surface area contributed by atoms with Gasteiger partial charge >= 0.3 is 0 Å². The van der Waals surface area contributed by atoms with E-state index in [4.69, 9.17) is 0 Å². The Kier molecular flexibility index (Phi) is 4.59. The van der Waals surface area contributed by atoms with Crippen molar-refractivity contribution in [2.75, 3.05) is 11.9 Å². The number of hydrogen-bond donors (Lipinski definition) is 2. The number of nitro groups is 1. The van der Waals surface area contributed by atoms with Gasteiger partial charge in [-0.1, -0.05) is 11.8 Å². The topological polar surface area (TPSA) is 101 Å². The lowest BCUT2D eigenvalue weighted by Gasteiger charge is -2.06. The lowest BCUT2D eigenvalue weighted by atomic mass is 10.3. The molecular formula is C13H14N4O3S. The minimum Gasteiger partial charge on any atom is -0.385 e. The zero-order valence-electron chi connectivity index (χ0n) is 11.5. The van der Waals surface area contributed by atoms with Gasteiger partial charge in [0.05, 0.1) is 4.92 Å². The predicted octanol–water partition coefficient (Wildman–Crippen LogP) is 2.57. The number of aromatic nitrogens is 2. The van der Waals surface area contributed by atoms with Gasteiger partial charge in [0.2, 0.25) is 0 Å². The Morgan fingerprint density at radius 3 is 2.76 bits per heavy atom. The molecule has 2 rings (SSSR count). The molecule has 0 aliphatic rings. The van der Waals surface area contributed by atoms with E-state index in [2.05, 4.69) is 15.3 Å². The van der Waals surface area contributed by atoms with E-state index in [1.165, 1.54) is 30.0 Å². The Morgan fingerprint density at radius 2 is 2.14 bits per heavy atom. The number of H-pyrrole nitrogens is 1. The van der Waals surface area contributed by atoms with E-state index in [1.807, 2.05) is 6.92 Å². The van der Waals surface area contributed by atoms with Gasteiger partial charge in [-0.25, -0.2) is 4.98 Å². The number of anilines is 1. The Labute approximate surface area is 125 Å². The van der Waals surface area contributed by atoms with Crippen LogP contribution < -0.4 is 10.9 Å². The third-order valence-electron chi connectivity index (χ3n) is 2.55. The summed E-state index contributed by atoms with van der Waals surface area (Å²) in [5, 5.41) is 14.4. The van der Waals surface area contributed by atoms with E-state index >= 15 is 0 Å². The Hall–Kier alpha value is -2.35. The minimum atomic E-state index is -0.447. The first-order valence-electron chi connectivity index (χ1n) is 6.27. The summed E-state index contributed by atoms with van der Waals surface area (Å²) in [7, 11) is 0. The van der Waals surface area contributed by atoms with Crippen molar-refractivity contribution in [1.82, 2.24) is 9.97 Å². The van der Waals surface area contributed by atoms with Gasteiger partial charge in [-0.2, -0.15) is 0 Å². The van der Waals surface area contributed by atoms with Gasteiger partial charge in [-0.05, 0) is 19.9 Å². The highest BCUT2D eigenvalue weighted by atomic mass is 32.2. The lowest BCUT2D eigenvalue weighted by molar-refractivity contribution is -0.385. The van der Waals surface area contributed by atoms with E-state index in [9.17, 15) is 14.9 Å². The second-order valence-corrected chi connectivity index (χ2v) is 5.36.